The Balaban J connectivity index is 1.71. The van der Waals surface area contributed by atoms with Gasteiger partial charge < -0.3 is 9.42 Å². The second-order valence-corrected chi connectivity index (χ2v) is 6.15. The topological polar surface area (TPSA) is 75.7 Å². The first kappa shape index (κ1) is 18.2. The number of nitro benzene ring substituents is 1. The second-order valence-electron chi connectivity index (χ2n) is 6.15. The lowest BCUT2D eigenvalue weighted by Gasteiger charge is -2.35. The van der Waals surface area contributed by atoms with Crippen molar-refractivity contribution in [2.24, 2.45) is 0 Å². The molecule has 10 heteroatoms. The average molecular weight is 370 g/mol. The van der Waals surface area contributed by atoms with Crippen molar-refractivity contribution >= 4 is 11.4 Å². The van der Waals surface area contributed by atoms with E-state index in [0.717, 1.165) is 17.5 Å². The van der Waals surface area contributed by atoms with Crippen LogP contribution in [-0.4, -0.2) is 41.2 Å². The van der Waals surface area contributed by atoms with Gasteiger partial charge in [0, 0.05) is 44.9 Å². The molecule has 2 aromatic rings. The second kappa shape index (κ2) is 6.94. The van der Waals surface area contributed by atoms with Gasteiger partial charge in [-0.3, -0.25) is 15.0 Å². The van der Waals surface area contributed by atoms with Crippen molar-refractivity contribution in [2.75, 3.05) is 31.1 Å². The Morgan fingerprint density at radius 3 is 2.46 bits per heavy atom. The minimum atomic E-state index is -4.61. The molecule has 1 aromatic carbocycles. The molecular weight excluding hydrogens is 353 g/mol. The highest BCUT2D eigenvalue weighted by Gasteiger charge is 2.34. The minimum absolute atomic E-state index is 0.208. The lowest BCUT2D eigenvalue weighted by Crippen LogP contribution is -2.46. The molecule has 0 saturated carbocycles. The van der Waals surface area contributed by atoms with Crippen molar-refractivity contribution in [3.8, 4) is 0 Å². The lowest BCUT2D eigenvalue weighted by molar-refractivity contribution is -0.384. The number of alkyl halides is 3. The first-order valence-electron chi connectivity index (χ1n) is 7.99. The Labute approximate surface area is 147 Å². The Kier molecular flexibility index (Phi) is 4.86. The number of nitrogens with zero attached hydrogens (tertiary/aromatic N) is 4. The fourth-order valence-corrected chi connectivity index (χ4v) is 2.98. The molecule has 0 bridgehead atoms. The molecule has 0 atom stereocenters. The fourth-order valence-electron chi connectivity index (χ4n) is 2.98. The molecule has 0 amide bonds. The summed E-state index contributed by atoms with van der Waals surface area (Å²) in [6.45, 7) is 4.58. The summed E-state index contributed by atoms with van der Waals surface area (Å²) >= 11 is 0. The summed E-state index contributed by atoms with van der Waals surface area (Å²) in [5.74, 6) is 0.721. The Bertz CT molecular complexity index is 798. The maximum atomic E-state index is 12.8. The number of nitro groups is 1. The number of rotatable bonds is 4. The fraction of sp³-hybridized carbons (Fsp3) is 0.438. The van der Waals surface area contributed by atoms with E-state index in [0.29, 0.717) is 38.8 Å². The van der Waals surface area contributed by atoms with E-state index >= 15 is 0 Å². The number of aryl methyl sites for hydroxylation is 1. The number of hydrogen-bond donors (Lipinski definition) is 0. The van der Waals surface area contributed by atoms with E-state index in [1.165, 1.54) is 6.07 Å². The van der Waals surface area contributed by atoms with Crippen LogP contribution in [0.25, 0.3) is 0 Å². The molecule has 0 spiro atoms. The van der Waals surface area contributed by atoms with Crippen LogP contribution in [0.5, 0.6) is 0 Å². The monoisotopic (exact) mass is 370 g/mol. The standard InChI is InChI=1S/C16H17F3N4O3/c1-11-8-13(20-26-11)10-21-4-6-22(7-5-21)14-3-2-12(16(17,18)19)9-15(14)23(24)25/h2-3,8-9H,4-7,10H2,1H3. The van der Waals surface area contributed by atoms with Crippen LogP contribution in [0.15, 0.2) is 28.8 Å². The molecular formula is C16H17F3N4O3. The summed E-state index contributed by atoms with van der Waals surface area (Å²) in [6, 6.07) is 4.50. The predicted octanol–water partition coefficient (Wildman–Crippen LogP) is 3.23. The molecule has 1 fully saturated rings. The van der Waals surface area contributed by atoms with Crippen LogP contribution in [0.4, 0.5) is 24.5 Å². The number of piperazine rings is 1. The van der Waals surface area contributed by atoms with Gasteiger partial charge in [0.15, 0.2) is 0 Å². The van der Waals surface area contributed by atoms with Gasteiger partial charge in [0.25, 0.3) is 5.69 Å². The summed E-state index contributed by atoms with van der Waals surface area (Å²) in [5.41, 5.74) is -0.537. The van der Waals surface area contributed by atoms with E-state index in [1.807, 2.05) is 6.07 Å². The van der Waals surface area contributed by atoms with Gasteiger partial charge in [-0.15, -0.1) is 0 Å². The zero-order valence-corrected chi connectivity index (χ0v) is 14.0. The first-order valence-corrected chi connectivity index (χ1v) is 7.99. The van der Waals surface area contributed by atoms with E-state index in [-0.39, 0.29) is 5.69 Å². The maximum Gasteiger partial charge on any atom is 0.416 e. The van der Waals surface area contributed by atoms with E-state index in [2.05, 4.69) is 10.1 Å². The van der Waals surface area contributed by atoms with Gasteiger partial charge in [0.2, 0.25) is 0 Å². The van der Waals surface area contributed by atoms with Gasteiger partial charge in [-0.2, -0.15) is 13.2 Å². The van der Waals surface area contributed by atoms with Crippen LogP contribution < -0.4 is 4.90 Å². The molecule has 1 aromatic heterocycles. The number of anilines is 1. The third-order valence-electron chi connectivity index (χ3n) is 4.27. The summed E-state index contributed by atoms with van der Waals surface area (Å²) in [6.07, 6.45) is -4.61. The SMILES string of the molecule is Cc1cc(CN2CCN(c3ccc(C(F)(F)F)cc3[N+](=O)[O-])CC2)no1. The zero-order chi connectivity index (χ0) is 18.9. The number of aromatic nitrogens is 1. The highest BCUT2D eigenvalue weighted by Crippen LogP contribution is 2.36. The minimum Gasteiger partial charge on any atom is -0.363 e. The smallest absolute Gasteiger partial charge is 0.363 e. The molecule has 1 aliphatic rings. The van der Waals surface area contributed by atoms with E-state index in [9.17, 15) is 23.3 Å². The van der Waals surface area contributed by atoms with Crippen LogP contribution >= 0.6 is 0 Å². The van der Waals surface area contributed by atoms with Gasteiger partial charge in [0.05, 0.1) is 16.2 Å². The average Bonchev–Trinajstić information content (AvgIpc) is 2.99. The number of hydrogen-bond acceptors (Lipinski definition) is 6. The van der Waals surface area contributed by atoms with E-state index < -0.39 is 22.4 Å². The van der Waals surface area contributed by atoms with Crippen LogP contribution in [0.1, 0.15) is 17.0 Å². The number of benzene rings is 1. The summed E-state index contributed by atoms with van der Waals surface area (Å²) < 4.78 is 43.4. The van der Waals surface area contributed by atoms with E-state index in [4.69, 9.17) is 4.52 Å². The summed E-state index contributed by atoms with van der Waals surface area (Å²) in [5, 5.41) is 15.2. The normalized spacial score (nSPS) is 16.1. The highest BCUT2D eigenvalue weighted by atomic mass is 19.4. The third kappa shape index (κ3) is 3.96. The quantitative estimate of drug-likeness (QED) is 0.608. The van der Waals surface area contributed by atoms with Crippen molar-refractivity contribution in [1.29, 1.82) is 0 Å². The van der Waals surface area contributed by atoms with Gasteiger partial charge in [-0.1, -0.05) is 5.16 Å². The Hall–Kier alpha value is -2.62. The summed E-state index contributed by atoms with van der Waals surface area (Å²) in [7, 11) is 0. The van der Waals surface area contributed by atoms with Gasteiger partial charge >= 0.3 is 6.18 Å². The van der Waals surface area contributed by atoms with E-state index in [1.54, 1.807) is 11.8 Å². The van der Waals surface area contributed by atoms with Crippen molar-refractivity contribution in [3.05, 3.63) is 51.4 Å². The molecule has 0 aliphatic carbocycles. The van der Waals surface area contributed by atoms with Crippen LogP contribution in [0.2, 0.25) is 0 Å². The predicted molar refractivity (Wildman–Crippen MR) is 86.8 cm³/mol. The number of halogens is 3. The third-order valence-corrected chi connectivity index (χ3v) is 4.27. The molecule has 0 radical (unpaired) electrons. The van der Waals surface area contributed by atoms with Gasteiger partial charge in [0.1, 0.15) is 11.4 Å². The highest BCUT2D eigenvalue weighted by molar-refractivity contribution is 5.65. The largest absolute Gasteiger partial charge is 0.416 e. The van der Waals surface area contributed by atoms with Crippen LogP contribution in [0.3, 0.4) is 0 Å². The van der Waals surface area contributed by atoms with Gasteiger partial charge in [-0.05, 0) is 19.1 Å². The van der Waals surface area contributed by atoms with Crippen molar-refractivity contribution < 1.29 is 22.6 Å². The first-order chi connectivity index (χ1) is 12.2. The van der Waals surface area contributed by atoms with Crippen LogP contribution in [-0.2, 0) is 12.7 Å². The molecule has 140 valence electrons. The molecule has 7 nitrogen and oxygen atoms in total. The Morgan fingerprint density at radius 2 is 1.92 bits per heavy atom. The van der Waals surface area contributed by atoms with Crippen molar-refractivity contribution in [3.63, 3.8) is 0 Å². The maximum absolute atomic E-state index is 12.8. The molecule has 1 aliphatic heterocycles. The van der Waals surface area contributed by atoms with Crippen molar-refractivity contribution in [1.82, 2.24) is 10.1 Å². The molecule has 0 N–H and O–H groups in total. The van der Waals surface area contributed by atoms with Crippen LogP contribution in [0, 0.1) is 17.0 Å². The molecule has 26 heavy (non-hydrogen) atoms. The van der Waals surface area contributed by atoms with Crippen molar-refractivity contribution in [2.45, 2.75) is 19.6 Å². The molecule has 0 unspecified atom stereocenters. The zero-order valence-electron chi connectivity index (χ0n) is 14.0. The molecule has 3 rings (SSSR count). The Morgan fingerprint density at radius 1 is 1.23 bits per heavy atom. The summed E-state index contributed by atoms with van der Waals surface area (Å²) in [4.78, 5) is 14.3. The molecule has 2 heterocycles. The van der Waals surface area contributed by atoms with Gasteiger partial charge in [-0.25, -0.2) is 0 Å². The molecule has 1 saturated heterocycles. The lowest BCUT2D eigenvalue weighted by atomic mass is 10.1.